The number of nitrogens with one attached hydrogen (secondary N) is 1. The molecule has 1 aliphatic heterocycles. The molecule has 2 unspecified atom stereocenters. The summed E-state index contributed by atoms with van der Waals surface area (Å²) in [6.45, 7) is 14.4. The zero-order valence-corrected chi connectivity index (χ0v) is 11.2. The Morgan fingerprint density at radius 1 is 1.38 bits per heavy atom. The summed E-state index contributed by atoms with van der Waals surface area (Å²) >= 11 is 0. The molecular formula is C14H28N2. The molecule has 1 heterocycles. The Hall–Kier alpha value is -0.340. The smallest absolute Gasteiger partial charge is 0.0221 e. The van der Waals surface area contributed by atoms with Gasteiger partial charge < -0.3 is 10.2 Å². The zero-order chi connectivity index (χ0) is 12.0. The van der Waals surface area contributed by atoms with Crippen LogP contribution in [-0.4, -0.2) is 36.6 Å². The highest BCUT2D eigenvalue weighted by atomic mass is 15.1. The van der Waals surface area contributed by atoms with Crippen molar-refractivity contribution in [3.8, 4) is 0 Å². The third kappa shape index (κ3) is 4.26. The van der Waals surface area contributed by atoms with Crippen molar-refractivity contribution >= 4 is 0 Å². The molecule has 1 saturated heterocycles. The lowest BCUT2D eigenvalue weighted by Gasteiger charge is -2.35. The molecule has 16 heavy (non-hydrogen) atoms. The molecule has 1 fully saturated rings. The predicted molar refractivity (Wildman–Crippen MR) is 71.7 cm³/mol. The maximum absolute atomic E-state index is 3.82. The van der Waals surface area contributed by atoms with Crippen molar-refractivity contribution in [3.05, 3.63) is 12.7 Å². The van der Waals surface area contributed by atoms with Gasteiger partial charge in [0, 0.05) is 12.1 Å². The SMILES string of the molecule is C=CC(C)NC(C)C1CCN(CCC)CC1. The van der Waals surface area contributed by atoms with Crippen LogP contribution in [0.3, 0.4) is 0 Å². The van der Waals surface area contributed by atoms with Crippen molar-refractivity contribution in [3.63, 3.8) is 0 Å². The lowest BCUT2D eigenvalue weighted by Crippen LogP contribution is -2.44. The van der Waals surface area contributed by atoms with Crippen LogP contribution < -0.4 is 5.32 Å². The van der Waals surface area contributed by atoms with Crippen LogP contribution in [0.25, 0.3) is 0 Å². The highest BCUT2D eigenvalue weighted by molar-refractivity contribution is 4.87. The van der Waals surface area contributed by atoms with Crippen molar-refractivity contribution in [2.24, 2.45) is 5.92 Å². The number of likely N-dealkylation sites (tertiary alicyclic amines) is 1. The molecule has 0 aromatic rings. The fraction of sp³-hybridized carbons (Fsp3) is 0.857. The van der Waals surface area contributed by atoms with E-state index in [1.807, 2.05) is 6.08 Å². The van der Waals surface area contributed by atoms with Crippen LogP contribution in [0.5, 0.6) is 0 Å². The largest absolute Gasteiger partial charge is 0.308 e. The summed E-state index contributed by atoms with van der Waals surface area (Å²) in [4.78, 5) is 2.60. The topological polar surface area (TPSA) is 15.3 Å². The number of piperidine rings is 1. The van der Waals surface area contributed by atoms with E-state index in [2.05, 4.69) is 37.6 Å². The average molecular weight is 224 g/mol. The van der Waals surface area contributed by atoms with E-state index >= 15 is 0 Å². The summed E-state index contributed by atoms with van der Waals surface area (Å²) in [7, 11) is 0. The van der Waals surface area contributed by atoms with Crippen LogP contribution in [0.1, 0.15) is 40.0 Å². The first-order chi connectivity index (χ1) is 7.67. The van der Waals surface area contributed by atoms with Gasteiger partial charge in [-0.05, 0) is 58.7 Å². The van der Waals surface area contributed by atoms with Gasteiger partial charge in [0.2, 0.25) is 0 Å². The normalized spacial score (nSPS) is 22.9. The molecule has 1 rings (SSSR count). The number of hydrogen-bond acceptors (Lipinski definition) is 2. The summed E-state index contributed by atoms with van der Waals surface area (Å²) in [5.74, 6) is 0.843. The minimum atomic E-state index is 0.434. The molecule has 0 saturated carbocycles. The fourth-order valence-electron chi connectivity index (χ4n) is 2.61. The first-order valence-electron chi connectivity index (χ1n) is 6.78. The summed E-state index contributed by atoms with van der Waals surface area (Å²) in [5.41, 5.74) is 0. The molecule has 2 nitrogen and oxygen atoms in total. The van der Waals surface area contributed by atoms with Crippen molar-refractivity contribution in [2.75, 3.05) is 19.6 Å². The molecular weight excluding hydrogens is 196 g/mol. The van der Waals surface area contributed by atoms with Gasteiger partial charge in [0.25, 0.3) is 0 Å². The van der Waals surface area contributed by atoms with Crippen LogP contribution in [0.2, 0.25) is 0 Å². The van der Waals surface area contributed by atoms with Gasteiger partial charge >= 0.3 is 0 Å². The monoisotopic (exact) mass is 224 g/mol. The van der Waals surface area contributed by atoms with Crippen molar-refractivity contribution in [1.29, 1.82) is 0 Å². The minimum Gasteiger partial charge on any atom is -0.308 e. The number of rotatable bonds is 6. The molecule has 0 spiro atoms. The summed E-state index contributed by atoms with van der Waals surface area (Å²) in [6.07, 6.45) is 5.96. The average Bonchev–Trinajstić information content (AvgIpc) is 2.30. The fourth-order valence-corrected chi connectivity index (χ4v) is 2.61. The van der Waals surface area contributed by atoms with Gasteiger partial charge in [0.1, 0.15) is 0 Å². The molecule has 94 valence electrons. The second-order valence-electron chi connectivity index (χ2n) is 5.16. The second kappa shape index (κ2) is 7.08. The van der Waals surface area contributed by atoms with Crippen LogP contribution in [0, 0.1) is 5.92 Å². The van der Waals surface area contributed by atoms with Crippen LogP contribution in [0.15, 0.2) is 12.7 Å². The quantitative estimate of drug-likeness (QED) is 0.698. The zero-order valence-electron chi connectivity index (χ0n) is 11.2. The van der Waals surface area contributed by atoms with E-state index in [1.165, 1.54) is 38.9 Å². The van der Waals surface area contributed by atoms with Crippen LogP contribution in [-0.2, 0) is 0 Å². The van der Waals surface area contributed by atoms with Crippen molar-refractivity contribution in [2.45, 2.75) is 52.1 Å². The Balaban J connectivity index is 2.27. The molecule has 1 N–H and O–H groups in total. The lowest BCUT2D eigenvalue weighted by molar-refractivity contribution is 0.161. The second-order valence-corrected chi connectivity index (χ2v) is 5.16. The Morgan fingerprint density at radius 2 is 2.00 bits per heavy atom. The maximum atomic E-state index is 3.82. The lowest BCUT2D eigenvalue weighted by atomic mass is 9.90. The van der Waals surface area contributed by atoms with Crippen LogP contribution >= 0.6 is 0 Å². The van der Waals surface area contributed by atoms with Gasteiger partial charge in [-0.15, -0.1) is 6.58 Å². The van der Waals surface area contributed by atoms with E-state index in [0.717, 1.165) is 5.92 Å². The molecule has 2 atom stereocenters. The Bertz CT molecular complexity index is 195. The van der Waals surface area contributed by atoms with E-state index in [0.29, 0.717) is 12.1 Å². The third-order valence-electron chi connectivity index (χ3n) is 3.76. The van der Waals surface area contributed by atoms with Gasteiger partial charge in [-0.25, -0.2) is 0 Å². The summed E-state index contributed by atoms with van der Waals surface area (Å²) < 4.78 is 0. The molecule has 0 amide bonds. The molecule has 0 radical (unpaired) electrons. The molecule has 0 aromatic heterocycles. The Kier molecular flexibility index (Phi) is 6.07. The van der Waals surface area contributed by atoms with Crippen LogP contribution in [0.4, 0.5) is 0 Å². The van der Waals surface area contributed by atoms with E-state index in [9.17, 15) is 0 Å². The van der Waals surface area contributed by atoms with Gasteiger partial charge in [0.15, 0.2) is 0 Å². The first-order valence-corrected chi connectivity index (χ1v) is 6.78. The number of nitrogens with zero attached hydrogens (tertiary/aromatic N) is 1. The highest BCUT2D eigenvalue weighted by Gasteiger charge is 2.23. The van der Waals surface area contributed by atoms with E-state index in [-0.39, 0.29) is 0 Å². The predicted octanol–water partition coefficient (Wildman–Crippen LogP) is 2.66. The molecule has 0 bridgehead atoms. The standard InChI is InChI=1S/C14H28N2/c1-5-9-16-10-7-14(8-11-16)13(4)15-12(3)6-2/h6,12-15H,2,5,7-11H2,1,3-4H3. The molecule has 0 aromatic carbocycles. The Labute approximate surface area is 101 Å². The number of hydrogen-bond donors (Lipinski definition) is 1. The summed E-state index contributed by atoms with van der Waals surface area (Å²) in [6, 6.07) is 1.06. The van der Waals surface area contributed by atoms with Gasteiger partial charge in [0.05, 0.1) is 0 Å². The maximum Gasteiger partial charge on any atom is 0.0221 e. The first kappa shape index (κ1) is 13.7. The third-order valence-corrected chi connectivity index (χ3v) is 3.76. The molecule has 0 aliphatic carbocycles. The minimum absolute atomic E-state index is 0.434. The van der Waals surface area contributed by atoms with E-state index in [1.54, 1.807) is 0 Å². The molecule has 2 heteroatoms. The van der Waals surface area contributed by atoms with E-state index < -0.39 is 0 Å². The highest BCUT2D eigenvalue weighted by Crippen LogP contribution is 2.20. The van der Waals surface area contributed by atoms with Gasteiger partial charge in [-0.2, -0.15) is 0 Å². The van der Waals surface area contributed by atoms with Crippen molar-refractivity contribution in [1.82, 2.24) is 10.2 Å². The molecule has 1 aliphatic rings. The van der Waals surface area contributed by atoms with E-state index in [4.69, 9.17) is 0 Å². The van der Waals surface area contributed by atoms with Gasteiger partial charge in [-0.3, -0.25) is 0 Å². The summed E-state index contributed by atoms with van der Waals surface area (Å²) in [5, 5.41) is 3.61. The Morgan fingerprint density at radius 3 is 2.50 bits per heavy atom. The van der Waals surface area contributed by atoms with Crippen molar-refractivity contribution < 1.29 is 0 Å². The van der Waals surface area contributed by atoms with Gasteiger partial charge in [-0.1, -0.05) is 13.0 Å².